The molecule has 0 aromatic heterocycles. The summed E-state index contributed by atoms with van der Waals surface area (Å²) in [5.74, 6) is -1.65. The number of benzene rings is 2. The van der Waals surface area contributed by atoms with Crippen LogP contribution in [0, 0.1) is 0 Å². The first-order chi connectivity index (χ1) is 13.4. The number of hydrogen-bond acceptors (Lipinski definition) is 5. The molecule has 0 aliphatic rings. The van der Waals surface area contributed by atoms with Crippen molar-refractivity contribution in [1.29, 1.82) is 0 Å². The third kappa shape index (κ3) is 6.35. The molecule has 0 fully saturated rings. The SMILES string of the molecule is CC(=O)N[C@@H](CC(=O)OCC(=O)Nc1ccccc1C(C)=O)c1ccccc1. The molecule has 0 bridgehead atoms. The molecular formula is C21H22N2O5. The van der Waals surface area contributed by atoms with Gasteiger partial charge < -0.3 is 15.4 Å². The summed E-state index contributed by atoms with van der Waals surface area (Å²) < 4.78 is 5.02. The number of rotatable bonds is 8. The Morgan fingerprint density at radius 2 is 1.57 bits per heavy atom. The Hall–Kier alpha value is -3.48. The Morgan fingerprint density at radius 1 is 0.929 bits per heavy atom. The maximum absolute atomic E-state index is 12.1. The molecule has 1 atom stereocenters. The highest BCUT2D eigenvalue weighted by Crippen LogP contribution is 2.18. The first-order valence-electron chi connectivity index (χ1n) is 8.74. The van der Waals surface area contributed by atoms with Crippen LogP contribution in [0.2, 0.25) is 0 Å². The summed E-state index contributed by atoms with van der Waals surface area (Å²) in [5.41, 5.74) is 1.49. The van der Waals surface area contributed by atoms with Gasteiger partial charge in [0.25, 0.3) is 5.91 Å². The second-order valence-corrected chi connectivity index (χ2v) is 6.18. The van der Waals surface area contributed by atoms with Crippen LogP contribution < -0.4 is 10.6 Å². The molecular weight excluding hydrogens is 360 g/mol. The number of ether oxygens (including phenoxy) is 1. The highest BCUT2D eigenvalue weighted by atomic mass is 16.5. The monoisotopic (exact) mass is 382 g/mol. The van der Waals surface area contributed by atoms with E-state index in [4.69, 9.17) is 4.74 Å². The summed E-state index contributed by atoms with van der Waals surface area (Å²) in [4.78, 5) is 47.2. The van der Waals surface area contributed by atoms with Gasteiger partial charge in [-0.1, -0.05) is 42.5 Å². The molecule has 146 valence electrons. The van der Waals surface area contributed by atoms with Crippen LogP contribution in [0.4, 0.5) is 5.69 Å². The number of amides is 2. The molecule has 2 N–H and O–H groups in total. The van der Waals surface area contributed by atoms with Gasteiger partial charge in [-0.2, -0.15) is 0 Å². The average Bonchev–Trinajstić information content (AvgIpc) is 2.66. The summed E-state index contributed by atoms with van der Waals surface area (Å²) >= 11 is 0. The molecule has 0 aliphatic carbocycles. The van der Waals surface area contributed by atoms with Gasteiger partial charge in [0.2, 0.25) is 5.91 Å². The Balaban J connectivity index is 1.92. The Kier molecular flexibility index (Phi) is 7.45. The van der Waals surface area contributed by atoms with E-state index in [1.807, 2.05) is 6.07 Å². The van der Waals surface area contributed by atoms with Gasteiger partial charge in [0, 0.05) is 12.5 Å². The van der Waals surface area contributed by atoms with Crippen molar-refractivity contribution in [3.63, 3.8) is 0 Å². The van der Waals surface area contributed by atoms with Gasteiger partial charge in [-0.05, 0) is 24.6 Å². The van der Waals surface area contributed by atoms with Crippen molar-refractivity contribution in [3.05, 3.63) is 65.7 Å². The van der Waals surface area contributed by atoms with Crippen molar-refractivity contribution in [1.82, 2.24) is 5.32 Å². The van der Waals surface area contributed by atoms with E-state index in [2.05, 4.69) is 10.6 Å². The molecule has 0 saturated carbocycles. The van der Waals surface area contributed by atoms with Crippen LogP contribution in [0.15, 0.2) is 54.6 Å². The number of carbonyl (C=O) groups is 4. The van der Waals surface area contributed by atoms with Gasteiger partial charge >= 0.3 is 5.97 Å². The van der Waals surface area contributed by atoms with E-state index in [9.17, 15) is 19.2 Å². The zero-order chi connectivity index (χ0) is 20.5. The van der Waals surface area contributed by atoms with Gasteiger partial charge in [-0.15, -0.1) is 0 Å². The maximum atomic E-state index is 12.1. The zero-order valence-electron chi connectivity index (χ0n) is 15.7. The summed E-state index contributed by atoms with van der Waals surface area (Å²) in [7, 11) is 0. The van der Waals surface area contributed by atoms with Crippen LogP contribution in [0.5, 0.6) is 0 Å². The van der Waals surface area contributed by atoms with Crippen molar-refractivity contribution in [2.75, 3.05) is 11.9 Å². The first-order valence-corrected chi connectivity index (χ1v) is 8.74. The third-order valence-electron chi connectivity index (χ3n) is 3.89. The van der Waals surface area contributed by atoms with Crippen molar-refractivity contribution >= 4 is 29.3 Å². The Morgan fingerprint density at radius 3 is 2.21 bits per heavy atom. The first kappa shape index (κ1) is 20.8. The number of esters is 1. The van der Waals surface area contributed by atoms with Crippen LogP contribution in [-0.4, -0.2) is 30.2 Å². The summed E-state index contributed by atoms with van der Waals surface area (Å²) in [6, 6.07) is 15.0. The van der Waals surface area contributed by atoms with Crippen molar-refractivity contribution in [2.24, 2.45) is 0 Å². The van der Waals surface area contributed by atoms with Crippen LogP contribution in [0.3, 0.4) is 0 Å². The van der Waals surface area contributed by atoms with E-state index in [0.717, 1.165) is 5.56 Å². The van der Waals surface area contributed by atoms with Gasteiger partial charge in [-0.3, -0.25) is 19.2 Å². The standard InChI is InChI=1S/C21H22N2O5/c1-14(24)17-10-6-7-11-18(17)23-20(26)13-28-21(27)12-19(22-15(2)25)16-8-4-3-5-9-16/h3-11,19H,12-13H2,1-2H3,(H,22,25)(H,23,26)/t19-/m0/s1. The minimum absolute atomic E-state index is 0.110. The molecule has 2 aromatic rings. The molecule has 2 amide bonds. The van der Waals surface area contributed by atoms with Crippen molar-refractivity contribution < 1.29 is 23.9 Å². The maximum Gasteiger partial charge on any atom is 0.308 e. The fraction of sp³-hybridized carbons (Fsp3) is 0.238. The second kappa shape index (κ2) is 10.0. The molecule has 7 nitrogen and oxygen atoms in total. The van der Waals surface area contributed by atoms with Crippen molar-refractivity contribution in [3.8, 4) is 0 Å². The molecule has 0 spiro atoms. The molecule has 0 heterocycles. The number of carbonyl (C=O) groups excluding carboxylic acids is 4. The van der Waals surface area contributed by atoms with Crippen LogP contribution in [0.1, 0.15) is 42.2 Å². The summed E-state index contributed by atoms with van der Waals surface area (Å²) in [6.07, 6.45) is -0.110. The molecule has 0 aliphatic heterocycles. The average molecular weight is 382 g/mol. The van der Waals surface area contributed by atoms with Crippen LogP contribution in [-0.2, 0) is 19.1 Å². The topological polar surface area (TPSA) is 102 Å². The smallest absolute Gasteiger partial charge is 0.308 e. The Bertz CT molecular complexity index is 864. The van der Waals surface area contributed by atoms with Crippen LogP contribution in [0.25, 0.3) is 0 Å². The number of Topliss-reactive ketones (excluding diaryl/α,β-unsaturated/α-hetero) is 1. The predicted octanol–water partition coefficient (Wildman–Crippen LogP) is 2.64. The molecule has 0 radical (unpaired) electrons. The minimum Gasteiger partial charge on any atom is -0.455 e. The van der Waals surface area contributed by atoms with Gasteiger partial charge in [0.15, 0.2) is 12.4 Å². The number of anilines is 1. The number of hydrogen-bond donors (Lipinski definition) is 2. The zero-order valence-corrected chi connectivity index (χ0v) is 15.7. The number of para-hydroxylation sites is 1. The van der Waals surface area contributed by atoms with E-state index < -0.39 is 24.5 Å². The van der Waals surface area contributed by atoms with Crippen molar-refractivity contribution in [2.45, 2.75) is 26.3 Å². The highest BCUT2D eigenvalue weighted by molar-refractivity contribution is 6.04. The van der Waals surface area contributed by atoms with E-state index in [-0.39, 0.29) is 18.1 Å². The predicted molar refractivity (Wildman–Crippen MR) is 104 cm³/mol. The second-order valence-electron chi connectivity index (χ2n) is 6.18. The molecule has 2 rings (SSSR count). The molecule has 2 aromatic carbocycles. The van der Waals surface area contributed by atoms with Gasteiger partial charge in [0.1, 0.15) is 0 Å². The number of nitrogens with one attached hydrogen (secondary N) is 2. The third-order valence-corrected chi connectivity index (χ3v) is 3.89. The molecule has 28 heavy (non-hydrogen) atoms. The lowest BCUT2D eigenvalue weighted by atomic mass is 10.0. The van der Waals surface area contributed by atoms with E-state index >= 15 is 0 Å². The van der Waals surface area contributed by atoms with E-state index in [1.165, 1.54) is 13.8 Å². The summed E-state index contributed by atoms with van der Waals surface area (Å²) in [5, 5.41) is 5.25. The summed E-state index contributed by atoms with van der Waals surface area (Å²) in [6.45, 7) is 2.27. The van der Waals surface area contributed by atoms with E-state index in [1.54, 1.807) is 48.5 Å². The lowest BCUT2D eigenvalue weighted by molar-refractivity contribution is -0.148. The number of ketones is 1. The lowest BCUT2D eigenvalue weighted by Crippen LogP contribution is -2.29. The fourth-order valence-electron chi connectivity index (χ4n) is 2.64. The van der Waals surface area contributed by atoms with Crippen LogP contribution >= 0.6 is 0 Å². The quantitative estimate of drug-likeness (QED) is 0.540. The molecule has 0 unspecified atom stereocenters. The lowest BCUT2D eigenvalue weighted by Gasteiger charge is -2.17. The Labute approximate surface area is 163 Å². The highest BCUT2D eigenvalue weighted by Gasteiger charge is 2.19. The molecule has 0 saturated heterocycles. The molecule has 7 heteroatoms. The largest absolute Gasteiger partial charge is 0.455 e. The van der Waals surface area contributed by atoms with Gasteiger partial charge in [-0.25, -0.2) is 0 Å². The van der Waals surface area contributed by atoms with E-state index in [0.29, 0.717) is 11.3 Å². The minimum atomic E-state index is -0.627. The van der Waals surface area contributed by atoms with Gasteiger partial charge in [0.05, 0.1) is 18.2 Å². The normalized spacial score (nSPS) is 11.2. The fourth-order valence-corrected chi connectivity index (χ4v) is 2.64.